The van der Waals surface area contributed by atoms with Gasteiger partial charge in [0.2, 0.25) is 0 Å². The minimum atomic E-state index is 0. The summed E-state index contributed by atoms with van der Waals surface area (Å²) in [6.07, 6.45) is 11.5. The van der Waals surface area contributed by atoms with E-state index in [9.17, 15) is 0 Å². The van der Waals surface area contributed by atoms with Gasteiger partial charge in [-0.25, -0.2) is 0 Å². The fourth-order valence-corrected chi connectivity index (χ4v) is 3.48. The summed E-state index contributed by atoms with van der Waals surface area (Å²) in [6.45, 7) is 2.98. The first-order valence-electron chi connectivity index (χ1n) is 9.19. The quantitative estimate of drug-likeness (QED) is 0.246. The van der Waals surface area contributed by atoms with E-state index in [1.807, 2.05) is 18.8 Å². The zero-order valence-electron chi connectivity index (χ0n) is 15.6. The van der Waals surface area contributed by atoms with E-state index in [0.29, 0.717) is 0 Å². The predicted octanol–water partition coefficient (Wildman–Crippen LogP) is 2.86. The number of hydrogen-bond donors (Lipinski definition) is 2. The third kappa shape index (κ3) is 8.15. The van der Waals surface area contributed by atoms with Crippen molar-refractivity contribution in [2.45, 2.75) is 57.9 Å². The molecule has 0 radical (unpaired) electrons. The van der Waals surface area contributed by atoms with Crippen LogP contribution in [0.4, 0.5) is 0 Å². The molecule has 1 aliphatic heterocycles. The summed E-state index contributed by atoms with van der Waals surface area (Å²) in [7, 11) is 1.83. The number of aromatic nitrogens is 3. The third-order valence-electron chi connectivity index (χ3n) is 4.35. The molecule has 0 fully saturated rings. The lowest BCUT2D eigenvalue weighted by molar-refractivity contribution is 0.593. The summed E-state index contributed by atoms with van der Waals surface area (Å²) < 4.78 is 2.34. The largest absolute Gasteiger partial charge is 0.356 e. The molecule has 0 spiro atoms. The Morgan fingerprint density at radius 3 is 2.68 bits per heavy atom. The van der Waals surface area contributed by atoms with Gasteiger partial charge < -0.3 is 15.2 Å². The van der Waals surface area contributed by atoms with Crippen molar-refractivity contribution >= 4 is 41.7 Å². The van der Waals surface area contributed by atoms with Crippen molar-refractivity contribution in [2.24, 2.45) is 4.99 Å². The van der Waals surface area contributed by atoms with Crippen LogP contribution in [0.5, 0.6) is 0 Å². The number of aliphatic imine (C=N–C) groups is 1. The van der Waals surface area contributed by atoms with Crippen molar-refractivity contribution in [3.8, 4) is 0 Å². The molecule has 2 rings (SSSR count). The van der Waals surface area contributed by atoms with E-state index in [1.54, 1.807) is 0 Å². The van der Waals surface area contributed by atoms with Gasteiger partial charge in [-0.05, 0) is 44.1 Å². The normalized spacial score (nSPS) is 14.4. The Hall–Kier alpha value is -0.510. The van der Waals surface area contributed by atoms with Gasteiger partial charge in [0.05, 0.1) is 0 Å². The Kier molecular flexibility index (Phi) is 12.3. The van der Waals surface area contributed by atoms with E-state index in [2.05, 4.69) is 36.6 Å². The number of rotatable bonds is 9. The smallest absolute Gasteiger partial charge is 0.190 e. The van der Waals surface area contributed by atoms with Gasteiger partial charge >= 0.3 is 0 Å². The monoisotopic (exact) mass is 480 g/mol. The molecule has 1 aromatic rings. The van der Waals surface area contributed by atoms with E-state index in [4.69, 9.17) is 0 Å². The molecule has 25 heavy (non-hydrogen) atoms. The molecule has 6 nitrogen and oxygen atoms in total. The van der Waals surface area contributed by atoms with Crippen LogP contribution in [0.25, 0.3) is 0 Å². The molecule has 0 bridgehead atoms. The Balaban J connectivity index is 0.00000312. The van der Waals surface area contributed by atoms with Crippen LogP contribution >= 0.6 is 35.7 Å². The lowest BCUT2D eigenvalue weighted by Crippen LogP contribution is -2.38. The van der Waals surface area contributed by atoms with Gasteiger partial charge in [0.1, 0.15) is 11.6 Å². The summed E-state index contributed by atoms with van der Waals surface area (Å²) >= 11 is 1.91. The summed E-state index contributed by atoms with van der Waals surface area (Å²) in [5.74, 6) is 4.46. The van der Waals surface area contributed by atoms with Crippen molar-refractivity contribution in [3.05, 3.63) is 11.6 Å². The maximum absolute atomic E-state index is 4.39. The van der Waals surface area contributed by atoms with Crippen LogP contribution in [0.2, 0.25) is 0 Å². The van der Waals surface area contributed by atoms with Crippen molar-refractivity contribution in [3.63, 3.8) is 0 Å². The highest BCUT2D eigenvalue weighted by Gasteiger charge is 2.14. The number of guanidine groups is 1. The van der Waals surface area contributed by atoms with Crippen LogP contribution in [0.15, 0.2) is 4.99 Å². The van der Waals surface area contributed by atoms with Crippen LogP contribution in [-0.2, 0) is 19.4 Å². The van der Waals surface area contributed by atoms with Gasteiger partial charge in [-0.3, -0.25) is 4.99 Å². The minimum Gasteiger partial charge on any atom is -0.356 e. The summed E-state index contributed by atoms with van der Waals surface area (Å²) in [5, 5.41) is 15.5. The van der Waals surface area contributed by atoms with E-state index in [1.165, 1.54) is 43.7 Å². The zero-order chi connectivity index (χ0) is 17.0. The molecule has 0 amide bonds. The van der Waals surface area contributed by atoms with E-state index in [-0.39, 0.29) is 24.0 Å². The SMILES string of the molecule is CN=C(NCCCCSC)NCCCc1nnc2n1CCCCC2.I. The second-order valence-corrected chi connectivity index (χ2v) is 7.21. The molecule has 0 saturated heterocycles. The van der Waals surface area contributed by atoms with Gasteiger partial charge in [0.25, 0.3) is 0 Å². The molecule has 1 aliphatic rings. The van der Waals surface area contributed by atoms with E-state index < -0.39 is 0 Å². The first-order chi connectivity index (χ1) is 11.8. The van der Waals surface area contributed by atoms with Gasteiger partial charge in [-0.15, -0.1) is 34.2 Å². The molecule has 8 heteroatoms. The topological polar surface area (TPSA) is 67.1 Å². The maximum Gasteiger partial charge on any atom is 0.190 e. The highest BCUT2D eigenvalue weighted by molar-refractivity contribution is 14.0. The molecule has 0 aromatic carbocycles. The molecular formula is C17H33IN6S. The fourth-order valence-electron chi connectivity index (χ4n) is 2.98. The first kappa shape index (κ1) is 22.5. The molecular weight excluding hydrogens is 447 g/mol. The highest BCUT2D eigenvalue weighted by Crippen LogP contribution is 2.15. The molecule has 144 valence electrons. The van der Waals surface area contributed by atoms with Crippen molar-refractivity contribution in [1.82, 2.24) is 25.4 Å². The van der Waals surface area contributed by atoms with Gasteiger partial charge in [-0.2, -0.15) is 11.8 Å². The Morgan fingerprint density at radius 1 is 1.12 bits per heavy atom. The minimum absolute atomic E-state index is 0. The lowest BCUT2D eigenvalue weighted by Gasteiger charge is -2.12. The van der Waals surface area contributed by atoms with Crippen molar-refractivity contribution in [2.75, 3.05) is 32.1 Å². The second-order valence-electron chi connectivity index (χ2n) is 6.22. The first-order valence-corrected chi connectivity index (χ1v) is 10.6. The summed E-state index contributed by atoms with van der Waals surface area (Å²) in [6, 6.07) is 0. The average Bonchev–Trinajstić information content (AvgIpc) is 2.83. The molecule has 2 heterocycles. The summed E-state index contributed by atoms with van der Waals surface area (Å²) in [5.41, 5.74) is 0. The zero-order valence-corrected chi connectivity index (χ0v) is 18.7. The van der Waals surface area contributed by atoms with Crippen LogP contribution < -0.4 is 10.6 Å². The van der Waals surface area contributed by atoms with E-state index >= 15 is 0 Å². The van der Waals surface area contributed by atoms with Gasteiger partial charge in [0.15, 0.2) is 5.96 Å². The van der Waals surface area contributed by atoms with Crippen LogP contribution in [0.1, 0.15) is 50.2 Å². The molecule has 0 unspecified atom stereocenters. The highest BCUT2D eigenvalue weighted by atomic mass is 127. The van der Waals surface area contributed by atoms with Crippen LogP contribution in [0, 0.1) is 0 Å². The van der Waals surface area contributed by atoms with E-state index in [0.717, 1.165) is 50.7 Å². The standard InChI is InChI=1S/C17H32N6S.HI/c1-18-17(19-11-5-7-14-24-2)20-12-8-10-16-22-21-15-9-4-3-6-13-23(15)16;/h3-14H2,1-2H3,(H2,18,19,20);1H. The number of aryl methyl sites for hydroxylation is 2. The molecule has 0 aliphatic carbocycles. The number of hydrogen-bond acceptors (Lipinski definition) is 4. The number of nitrogens with one attached hydrogen (secondary N) is 2. The van der Waals surface area contributed by atoms with Crippen LogP contribution in [0.3, 0.4) is 0 Å². The third-order valence-corrected chi connectivity index (χ3v) is 5.04. The number of nitrogens with zero attached hydrogens (tertiary/aromatic N) is 4. The molecule has 0 saturated carbocycles. The lowest BCUT2D eigenvalue weighted by atomic mass is 10.2. The van der Waals surface area contributed by atoms with Crippen molar-refractivity contribution in [1.29, 1.82) is 0 Å². The second kappa shape index (κ2) is 13.7. The van der Waals surface area contributed by atoms with Gasteiger partial charge in [0, 0.05) is 39.5 Å². The average molecular weight is 480 g/mol. The predicted molar refractivity (Wildman–Crippen MR) is 118 cm³/mol. The molecule has 1 aromatic heterocycles. The summed E-state index contributed by atoms with van der Waals surface area (Å²) in [4.78, 5) is 4.28. The van der Waals surface area contributed by atoms with Gasteiger partial charge in [-0.1, -0.05) is 6.42 Å². The van der Waals surface area contributed by atoms with Crippen molar-refractivity contribution < 1.29 is 0 Å². The Labute approximate surface area is 173 Å². The number of unbranched alkanes of at least 4 members (excludes halogenated alkanes) is 1. The van der Waals surface area contributed by atoms with Crippen LogP contribution in [-0.4, -0.2) is 52.9 Å². The Bertz CT molecular complexity index is 505. The number of fused-ring (bicyclic) bond motifs is 1. The number of thioether (sulfide) groups is 1. The Morgan fingerprint density at radius 2 is 1.92 bits per heavy atom. The maximum atomic E-state index is 4.39. The molecule has 2 N–H and O–H groups in total. The molecule has 0 atom stereocenters. The fraction of sp³-hybridized carbons (Fsp3) is 0.824. The number of halogens is 1.